The van der Waals surface area contributed by atoms with Gasteiger partial charge in [0.05, 0.1) is 12.0 Å². The second-order valence-electron chi connectivity index (χ2n) is 6.42. The first-order valence-corrected chi connectivity index (χ1v) is 8.95. The lowest BCUT2D eigenvalue weighted by Crippen LogP contribution is -2.45. The fraction of sp³-hybridized carbons (Fsp3) is 0.316. The lowest BCUT2D eigenvalue weighted by molar-refractivity contribution is -0.384. The van der Waals surface area contributed by atoms with Gasteiger partial charge in [0.1, 0.15) is 11.4 Å². The Balaban J connectivity index is 1.70. The molecule has 1 aliphatic rings. The molecule has 3 rings (SSSR count). The van der Waals surface area contributed by atoms with E-state index >= 15 is 0 Å². The zero-order chi connectivity index (χ0) is 19.4. The number of hydrogen-bond acceptors (Lipinski definition) is 5. The van der Waals surface area contributed by atoms with E-state index in [4.69, 9.17) is 16.3 Å². The third-order valence-corrected chi connectivity index (χ3v) is 4.78. The molecule has 142 valence electrons. The predicted molar refractivity (Wildman–Crippen MR) is 103 cm³/mol. The number of piperidine rings is 1. The molecule has 1 fully saturated rings. The van der Waals surface area contributed by atoms with E-state index in [2.05, 4.69) is 5.32 Å². The van der Waals surface area contributed by atoms with Crippen molar-refractivity contribution < 1.29 is 14.5 Å². The molecule has 0 aliphatic carbocycles. The Hall–Kier alpha value is -2.80. The van der Waals surface area contributed by atoms with E-state index in [9.17, 15) is 14.9 Å². The predicted octanol–water partition coefficient (Wildman–Crippen LogP) is 3.86. The number of carbonyl (C=O) groups excluding carboxylic acids is 1. The molecule has 1 atom stereocenters. The molecule has 0 spiro atoms. The van der Waals surface area contributed by atoms with Crippen LogP contribution in [0.5, 0.6) is 5.75 Å². The number of ether oxygens (including phenoxy) is 1. The molecule has 0 radical (unpaired) electrons. The van der Waals surface area contributed by atoms with Gasteiger partial charge >= 0.3 is 0 Å². The highest BCUT2D eigenvalue weighted by Gasteiger charge is 2.27. The van der Waals surface area contributed by atoms with Crippen LogP contribution in [-0.4, -0.2) is 35.4 Å². The number of nitrogens with zero attached hydrogens (tertiary/aromatic N) is 2. The second-order valence-corrected chi connectivity index (χ2v) is 6.86. The second kappa shape index (κ2) is 8.26. The zero-order valence-corrected chi connectivity index (χ0v) is 15.6. The normalized spacial score (nSPS) is 16.9. The summed E-state index contributed by atoms with van der Waals surface area (Å²) in [5.41, 5.74) is 1.34. The van der Waals surface area contributed by atoms with Crippen molar-refractivity contribution in [1.82, 2.24) is 4.90 Å². The molecule has 2 aromatic carbocycles. The van der Waals surface area contributed by atoms with Crippen LogP contribution in [-0.2, 0) is 11.3 Å². The number of rotatable bonds is 6. The van der Waals surface area contributed by atoms with Crippen LogP contribution >= 0.6 is 11.6 Å². The van der Waals surface area contributed by atoms with Crippen molar-refractivity contribution in [2.75, 3.05) is 19.0 Å². The number of nitrogens with one attached hydrogen (secondary N) is 1. The van der Waals surface area contributed by atoms with Crippen molar-refractivity contribution in [3.63, 3.8) is 0 Å². The summed E-state index contributed by atoms with van der Waals surface area (Å²) in [5.74, 6) is 0.841. The number of amides is 1. The maximum atomic E-state index is 12.3. The quantitative estimate of drug-likeness (QED) is 0.599. The van der Waals surface area contributed by atoms with Gasteiger partial charge in [0, 0.05) is 36.6 Å². The molecule has 27 heavy (non-hydrogen) atoms. The Morgan fingerprint density at radius 1 is 1.30 bits per heavy atom. The number of likely N-dealkylation sites (tertiary alicyclic amines) is 1. The zero-order valence-electron chi connectivity index (χ0n) is 14.9. The standard InChI is InChI=1S/C19H20ClN3O4/c1-27-16-6-2-13(3-7-16)11-22-12-15(5-9-19(22)24)21-17-8-4-14(20)10-18(17)23(25)26/h2-4,6-8,10,15,21H,5,9,11-12H2,1H3/t15-/m0/s1. The fourth-order valence-corrected chi connectivity index (χ4v) is 3.30. The first-order chi connectivity index (χ1) is 13.0. The molecule has 0 aromatic heterocycles. The lowest BCUT2D eigenvalue weighted by atomic mass is 10.0. The van der Waals surface area contributed by atoms with E-state index in [-0.39, 0.29) is 17.6 Å². The molecular weight excluding hydrogens is 370 g/mol. The molecule has 7 nitrogen and oxygen atoms in total. The average molecular weight is 390 g/mol. The summed E-state index contributed by atoms with van der Waals surface area (Å²) in [7, 11) is 1.61. The van der Waals surface area contributed by atoms with E-state index in [1.54, 1.807) is 24.1 Å². The molecule has 1 aliphatic heterocycles. The third-order valence-electron chi connectivity index (χ3n) is 4.55. The maximum absolute atomic E-state index is 12.3. The SMILES string of the molecule is COc1ccc(CN2C[C@@H](Nc3ccc(Cl)cc3[N+](=O)[O-])CCC2=O)cc1. The van der Waals surface area contributed by atoms with Gasteiger partial charge in [-0.15, -0.1) is 0 Å². The summed E-state index contributed by atoms with van der Waals surface area (Å²) < 4.78 is 5.15. The number of hydrogen-bond donors (Lipinski definition) is 1. The van der Waals surface area contributed by atoms with Gasteiger partial charge in [-0.2, -0.15) is 0 Å². The first kappa shape index (κ1) is 19.0. The minimum Gasteiger partial charge on any atom is -0.497 e. The van der Waals surface area contributed by atoms with Crippen molar-refractivity contribution in [2.24, 2.45) is 0 Å². The van der Waals surface area contributed by atoms with Gasteiger partial charge in [0.25, 0.3) is 5.69 Å². The van der Waals surface area contributed by atoms with Gasteiger partial charge in [-0.25, -0.2) is 0 Å². The topological polar surface area (TPSA) is 84.7 Å². The molecule has 0 unspecified atom stereocenters. The van der Waals surface area contributed by atoms with Crippen molar-refractivity contribution in [1.29, 1.82) is 0 Å². The van der Waals surface area contributed by atoms with Crippen molar-refractivity contribution in [3.8, 4) is 5.75 Å². The minimum atomic E-state index is -0.461. The number of halogens is 1. The smallest absolute Gasteiger partial charge is 0.293 e. The Morgan fingerprint density at radius 2 is 2.04 bits per heavy atom. The van der Waals surface area contributed by atoms with E-state index < -0.39 is 4.92 Å². The van der Waals surface area contributed by atoms with Gasteiger partial charge in [-0.1, -0.05) is 23.7 Å². The van der Waals surface area contributed by atoms with Crippen molar-refractivity contribution >= 4 is 28.9 Å². The lowest BCUT2D eigenvalue weighted by Gasteiger charge is -2.33. The molecule has 2 aromatic rings. The highest BCUT2D eigenvalue weighted by Crippen LogP contribution is 2.29. The van der Waals surface area contributed by atoms with Gasteiger partial charge in [0.2, 0.25) is 5.91 Å². The van der Waals surface area contributed by atoms with Crippen LogP contribution < -0.4 is 10.1 Å². The van der Waals surface area contributed by atoms with Crippen molar-refractivity contribution in [3.05, 3.63) is 63.2 Å². The number of anilines is 1. The van der Waals surface area contributed by atoms with Crippen LogP contribution in [0.25, 0.3) is 0 Å². The molecule has 1 N–H and O–H groups in total. The molecule has 1 saturated heterocycles. The summed E-state index contributed by atoms with van der Waals surface area (Å²) in [6, 6.07) is 12.0. The van der Waals surface area contributed by atoms with Gasteiger partial charge in [-0.3, -0.25) is 14.9 Å². The first-order valence-electron chi connectivity index (χ1n) is 8.57. The maximum Gasteiger partial charge on any atom is 0.293 e. The Labute approximate surface area is 162 Å². The Morgan fingerprint density at radius 3 is 2.70 bits per heavy atom. The van der Waals surface area contributed by atoms with Crippen LogP contribution in [0.1, 0.15) is 18.4 Å². The van der Waals surface area contributed by atoms with E-state index in [1.807, 2.05) is 24.3 Å². The fourth-order valence-electron chi connectivity index (χ4n) is 3.13. The summed E-state index contributed by atoms with van der Waals surface area (Å²) in [6.07, 6.45) is 1.02. The molecule has 8 heteroatoms. The van der Waals surface area contributed by atoms with E-state index in [1.165, 1.54) is 6.07 Å². The average Bonchev–Trinajstić information content (AvgIpc) is 2.66. The number of methoxy groups -OCH3 is 1. The molecule has 1 heterocycles. The summed E-state index contributed by atoms with van der Waals surface area (Å²) in [4.78, 5) is 24.9. The Bertz CT molecular complexity index is 841. The van der Waals surface area contributed by atoms with E-state index in [0.717, 1.165) is 11.3 Å². The van der Waals surface area contributed by atoms with Crippen LogP contribution in [0.4, 0.5) is 11.4 Å². The van der Waals surface area contributed by atoms with Crippen LogP contribution in [0, 0.1) is 10.1 Å². The third kappa shape index (κ3) is 4.68. The van der Waals surface area contributed by atoms with Gasteiger partial charge < -0.3 is 15.0 Å². The Kier molecular flexibility index (Phi) is 5.81. The summed E-state index contributed by atoms with van der Waals surface area (Å²) in [6.45, 7) is 0.967. The molecule has 0 saturated carbocycles. The van der Waals surface area contributed by atoms with Gasteiger partial charge in [-0.05, 0) is 36.2 Å². The van der Waals surface area contributed by atoms with Gasteiger partial charge in [0.15, 0.2) is 0 Å². The van der Waals surface area contributed by atoms with Crippen molar-refractivity contribution in [2.45, 2.75) is 25.4 Å². The molecular formula is C19H20ClN3O4. The number of benzene rings is 2. The number of carbonyl (C=O) groups is 1. The highest BCUT2D eigenvalue weighted by molar-refractivity contribution is 6.30. The van der Waals surface area contributed by atoms with Crippen LogP contribution in [0.3, 0.4) is 0 Å². The number of nitro groups is 1. The molecule has 0 bridgehead atoms. The van der Waals surface area contributed by atoms with E-state index in [0.29, 0.717) is 36.6 Å². The monoisotopic (exact) mass is 389 g/mol. The summed E-state index contributed by atoms with van der Waals surface area (Å²) >= 11 is 5.86. The summed E-state index contributed by atoms with van der Waals surface area (Å²) in [5, 5.41) is 14.8. The highest BCUT2D eigenvalue weighted by atomic mass is 35.5. The molecule has 1 amide bonds. The van der Waals surface area contributed by atoms with Crippen LogP contribution in [0.15, 0.2) is 42.5 Å². The number of nitro benzene ring substituents is 1. The minimum absolute atomic E-state index is 0.0684. The van der Waals surface area contributed by atoms with Crippen LogP contribution in [0.2, 0.25) is 5.02 Å². The largest absolute Gasteiger partial charge is 0.497 e.